The van der Waals surface area contributed by atoms with Crippen molar-refractivity contribution in [2.24, 2.45) is 0 Å². The maximum atomic E-state index is 10.1. The van der Waals surface area contributed by atoms with Crippen molar-refractivity contribution in [2.75, 3.05) is 0 Å². The second kappa shape index (κ2) is 25.9. The summed E-state index contributed by atoms with van der Waals surface area (Å²) in [5, 5.41) is 19.6. The molecule has 0 amide bonds. The van der Waals surface area contributed by atoms with Gasteiger partial charge in [0, 0.05) is 53.0 Å². The van der Waals surface area contributed by atoms with Gasteiger partial charge in [-0.25, -0.2) is 29.9 Å². The second-order valence-electron chi connectivity index (χ2n) is 28.2. The first-order chi connectivity index (χ1) is 54.4. The Bertz CT molecular complexity index is 6580. The summed E-state index contributed by atoms with van der Waals surface area (Å²) in [6, 6.07) is 129. The summed E-state index contributed by atoms with van der Waals surface area (Å²) in [4.78, 5) is 37.0. The summed E-state index contributed by atoms with van der Waals surface area (Å²) in [7, 11) is 0. The zero-order valence-corrected chi connectivity index (χ0v) is 60.5. The Kier molecular flexibility index (Phi) is 15.2. The lowest BCUT2D eigenvalue weighted by Gasteiger charge is -2.41. The Morgan fingerprint density at radius 3 is 0.973 bits per heavy atom. The summed E-state index contributed by atoms with van der Waals surface area (Å²) in [5.74, 6) is 3.36. The van der Waals surface area contributed by atoms with E-state index in [1.54, 1.807) is 11.8 Å². The highest BCUT2D eigenvalue weighted by Crippen LogP contribution is 2.66. The molecule has 0 saturated heterocycles. The summed E-state index contributed by atoms with van der Waals surface area (Å²) in [6.07, 6.45) is 0. The Morgan fingerprint density at radius 1 is 0.200 bits per heavy atom. The highest BCUT2D eigenvalue weighted by Gasteiger charge is 2.53. The van der Waals surface area contributed by atoms with Crippen molar-refractivity contribution in [1.82, 2.24) is 29.9 Å². The maximum absolute atomic E-state index is 10.1. The molecule has 110 heavy (non-hydrogen) atoms. The first-order valence-electron chi connectivity index (χ1n) is 36.6. The van der Waals surface area contributed by atoms with Crippen LogP contribution in [0.15, 0.2) is 371 Å². The van der Waals surface area contributed by atoms with E-state index in [-0.39, 0.29) is 0 Å². The normalized spacial score (nSPS) is 13.1. The van der Waals surface area contributed by atoms with Crippen LogP contribution in [0.2, 0.25) is 0 Å². The number of fused-ring (bicyclic) bond motifs is 18. The zero-order chi connectivity index (χ0) is 73.0. The molecule has 2 spiro atoms. The van der Waals surface area contributed by atoms with Crippen molar-refractivity contribution in [1.29, 1.82) is 10.5 Å². The van der Waals surface area contributed by atoms with Crippen molar-refractivity contribution in [3.8, 4) is 147 Å². The summed E-state index contributed by atoms with van der Waals surface area (Å²) in [5.41, 5.74) is 27.5. The molecule has 17 aromatic rings. The molecule has 0 bridgehead atoms. The van der Waals surface area contributed by atoms with Crippen LogP contribution in [0.4, 0.5) is 0 Å². The monoisotopic (exact) mass is 1430 g/mol. The lowest BCUT2D eigenvalue weighted by atomic mass is 9.66. The van der Waals surface area contributed by atoms with Crippen molar-refractivity contribution < 1.29 is 0 Å². The van der Waals surface area contributed by atoms with Crippen molar-refractivity contribution in [2.45, 2.75) is 30.4 Å². The number of nitrogens with zero attached hydrogens (tertiary/aromatic N) is 8. The molecule has 2 aromatic heterocycles. The minimum absolute atomic E-state index is 0.539. The molecular weight excluding hydrogens is 1380 g/mol. The standard InChI is InChI=1S/C100H58N8S2/c101-59-61-35-37-63(38-36-61)64-39-41-65(42-40-64)72-47-51-91-86(55-72)100(83-33-16-12-29-78(83)79-30-13-17-34-84(79)100)88-58-75(98-107-94(68-22-6-2-7-23-68)103-95(108-98)69-24-8-3-9-25-69)54-80(92(88)110-91)66-43-45-70(46-44-66)96-104-93(67-20-4-1-5-21-67)105-97(106-96)74-49-52-90-87(57-74)99(81-31-14-10-27-76(81)77-28-11-15-32-82(77)99)85-56-73(48-50-89(85)109-90)71-26-18-19-62(53-71)60-102/h1-58H. The molecule has 2 aliphatic heterocycles. The molecule has 2 aliphatic carbocycles. The molecule has 0 radical (unpaired) electrons. The van der Waals surface area contributed by atoms with Crippen molar-refractivity contribution in [3.05, 3.63) is 407 Å². The lowest BCUT2D eigenvalue weighted by molar-refractivity contribution is 0.723. The van der Waals surface area contributed by atoms with Crippen LogP contribution in [0.1, 0.15) is 55.6 Å². The van der Waals surface area contributed by atoms with E-state index >= 15 is 0 Å². The summed E-state index contributed by atoms with van der Waals surface area (Å²) >= 11 is 3.60. The quantitative estimate of drug-likeness (QED) is 0.131. The number of aromatic nitrogens is 6. The Morgan fingerprint density at radius 2 is 0.509 bits per heavy atom. The fourth-order valence-corrected chi connectivity index (χ4v) is 19.6. The molecule has 0 N–H and O–H groups in total. The molecule has 8 nitrogen and oxygen atoms in total. The van der Waals surface area contributed by atoms with E-state index < -0.39 is 10.8 Å². The van der Waals surface area contributed by atoms with E-state index in [0.29, 0.717) is 46.1 Å². The molecular formula is C100H58N8S2. The van der Waals surface area contributed by atoms with Gasteiger partial charge in [-0.05, 0) is 184 Å². The fraction of sp³-hybridized carbons (Fsp3) is 0.0200. The van der Waals surface area contributed by atoms with Gasteiger partial charge >= 0.3 is 0 Å². The average Bonchev–Trinajstić information content (AvgIpc) is 1.47. The van der Waals surface area contributed by atoms with Crippen LogP contribution in [-0.2, 0) is 10.8 Å². The molecule has 0 atom stereocenters. The zero-order valence-electron chi connectivity index (χ0n) is 58.9. The van der Waals surface area contributed by atoms with Crippen LogP contribution in [0.25, 0.3) is 135 Å². The largest absolute Gasteiger partial charge is 0.208 e. The number of benzene rings is 15. The maximum Gasteiger partial charge on any atom is 0.164 e. The third-order valence-corrected chi connectivity index (χ3v) is 24.6. The van der Waals surface area contributed by atoms with Gasteiger partial charge in [-0.15, -0.1) is 0 Å². The Labute approximate surface area is 644 Å². The van der Waals surface area contributed by atoms with Gasteiger partial charge in [0.25, 0.3) is 0 Å². The molecule has 0 fully saturated rings. The lowest BCUT2D eigenvalue weighted by Crippen LogP contribution is -2.32. The number of nitriles is 2. The minimum atomic E-state index is -0.823. The predicted octanol–water partition coefficient (Wildman–Crippen LogP) is 24.1. The minimum Gasteiger partial charge on any atom is -0.208 e. The van der Waals surface area contributed by atoms with Crippen LogP contribution in [-0.4, -0.2) is 29.9 Å². The van der Waals surface area contributed by atoms with Crippen molar-refractivity contribution >= 4 is 23.5 Å². The van der Waals surface area contributed by atoms with E-state index in [1.807, 2.05) is 109 Å². The molecule has 4 aliphatic rings. The average molecular weight is 1440 g/mol. The van der Waals surface area contributed by atoms with Gasteiger partial charge in [-0.2, -0.15) is 10.5 Å². The van der Waals surface area contributed by atoms with Gasteiger partial charge in [0.2, 0.25) is 0 Å². The first-order valence-corrected chi connectivity index (χ1v) is 38.3. The predicted molar refractivity (Wildman–Crippen MR) is 440 cm³/mol. The second-order valence-corrected chi connectivity index (χ2v) is 30.3. The smallest absolute Gasteiger partial charge is 0.164 e. The highest BCUT2D eigenvalue weighted by atomic mass is 32.2. The summed E-state index contributed by atoms with van der Waals surface area (Å²) in [6.45, 7) is 0. The van der Waals surface area contributed by atoms with E-state index in [4.69, 9.17) is 29.9 Å². The van der Waals surface area contributed by atoms with Crippen LogP contribution in [0.3, 0.4) is 0 Å². The van der Waals surface area contributed by atoms with Crippen LogP contribution in [0.5, 0.6) is 0 Å². The van der Waals surface area contributed by atoms with Crippen LogP contribution < -0.4 is 0 Å². The third kappa shape index (κ3) is 10.3. The third-order valence-electron chi connectivity index (χ3n) is 22.2. The van der Waals surface area contributed by atoms with Gasteiger partial charge < -0.3 is 0 Å². The van der Waals surface area contributed by atoms with E-state index in [1.165, 1.54) is 60.5 Å². The van der Waals surface area contributed by atoms with E-state index in [2.05, 4.69) is 267 Å². The fourth-order valence-electron chi connectivity index (χ4n) is 17.2. The molecule has 15 aromatic carbocycles. The highest BCUT2D eigenvalue weighted by molar-refractivity contribution is 8.00. The summed E-state index contributed by atoms with van der Waals surface area (Å²) < 4.78 is 0. The number of hydrogen-bond donors (Lipinski definition) is 0. The van der Waals surface area contributed by atoms with Gasteiger partial charge in [-0.3, -0.25) is 0 Å². The SMILES string of the molecule is N#Cc1ccc(-c2ccc(-c3ccc4c(c3)C3(c5ccccc5-c5ccccc53)c3cc(-c5nc(-c6ccccc6)nc(-c6ccccc6)n5)cc(-c5ccc(-c6nc(-c7ccccc7)nc(-c7ccc8c(c7)C7(c9cc(-c%10cccc(C#N)c%10)ccc9S8)c8ccccc8-c8ccccc87)n6)cc5)c3S4)cc2)cc1. The van der Waals surface area contributed by atoms with Crippen LogP contribution in [0, 0.1) is 22.7 Å². The van der Waals surface area contributed by atoms with E-state index in [9.17, 15) is 10.5 Å². The topological polar surface area (TPSA) is 125 Å². The molecule has 0 unspecified atom stereocenters. The van der Waals surface area contributed by atoms with Crippen molar-refractivity contribution in [3.63, 3.8) is 0 Å². The van der Waals surface area contributed by atoms with E-state index in [0.717, 1.165) is 104 Å². The Balaban J connectivity index is 0.750. The molecule has 510 valence electrons. The van der Waals surface area contributed by atoms with Crippen LogP contribution >= 0.6 is 23.5 Å². The molecule has 21 rings (SSSR count). The molecule has 4 heterocycles. The molecule has 0 saturated carbocycles. The number of rotatable bonds is 10. The number of hydrogen-bond acceptors (Lipinski definition) is 10. The van der Waals surface area contributed by atoms with Gasteiger partial charge in [-0.1, -0.05) is 303 Å². The van der Waals surface area contributed by atoms with Gasteiger partial charge in [0.1, 0.15) is 0 Å². The molecule has 10 heteroatoms. The van der Waals surface area contributed by atoms with Gasteiger partial charge in [0.05, 0.1) is 34.1 Å². The Hall–Kier alpha value is -14.0. The van der Waals surface area contributed by atoms with Gasteiger partial charge in [0.15, 0.2) is 34.9 Å². The first kappa shape index (κ1) is 64.4.